The number of hydrogen-bond donors (Lipinski definition) is 1. The topological polar surface area (TPSA) is 98.7 Å². The molecule has 1 atom stereocenters. The van der Waals surface area contributed by atoms with Crippen LogP contribution >= 0.6 is 0 Å². The van der Waals surface area contributed by atoms with Crippen LogP contribution in [-0.2, 0) is 14.8 Å². The van der Waals surface area contributed by atoms with Gasteiger partial charge >= 0.3 is 6.18 Å². The normalized spacial score (nSPS) is 25.4. The van der Waals surface area contributed by atoms with Gasteiger partial charge < -0.3 is 15.0 Å². The van der Waals surface area contributed by atoms with Crippen LogP contribution in [0.15, 0.2) is 9.42 Å². The standard InChI is InChI=1S/C14H20F3N3O4S/c1-9-11(12(18)19-24-9)25(21,22)20-5-2-10(14(15,16)17)13(8-20)3-6-23-7-4-13/h10H,2-8H2,1H3,(H2,18,19). The van der Waals surface area contributed by atoms with Crippen LogP contribution in [0.25, 0.3) is 0 Å². The third-order valence-electron chi connectivity index (χ3n) is 5.21. The predicted octanol–water partition coefficient (Wildman–Crippen LogP) is 1.93. The summed E-state index contributed by atoms with van der Waals surface area (Å²) in [5, 5.41) is 3.43. The van der Waals surface area contributed by atoms with Crippen LogP contribution in [0.3, 0.4) is 0 Å². The monoisotopic (exact) mass is 383 g/mol. The first-order valence-corrected chi connectivity index (χ1v) is 9.38. The highest BCUT2D eigenvalue weighted by Crippen LogP contribution is 2.51. The first-order chi connectivity index (χ1) is 11.6. The lowest BCUT2D eigenvalue weighted by atomic mass is 9.66. The molecule has 0 aliphatic carbocycles. The average Bonchev–Trinajstić information content (AvgIpc) is 2.86. The van der Waals surface area contributed by atoms with Crippen molar-refractivity contribution in [2.24, 2.45) is 11.3 Å². The number of sulfonamides is 1. The molecular formula is C14H20F3N3O4S. The first-order valence-electron chi connectivity index (χ1n) is 7.94. The molecule has 2 saturated heterocycles. The van der Waals surface area contributed by atoms with E-state index in [-0.39, 0.29) is 62.0 Å². The molecule has 3 rings (SSSR count). The predicted molar refractivity (Wildman–Crippen MR) is 81.1 cm³/mol. The SMILES string of the molecule is Cc1onc(N)c1S(=O)(=O)N1CCC(C(F)(F)F)C2(CCOCC2)C1. The van der Waals surface area contributed by atoms with E-state index in [4.69, 9.17) is 15.0 Å². The highest BCUT2D eigenvalue weighted by Gasteiger charge is 2.57. The minimum atomic E-state index is -4.38. The third-order valence-corrected chi connectivity index (χ3v) is 7.22. The van der Waals surface area contributed by atoms with Gasteiger partial charge in [-0.15, -0.1) is 0 Å². The number of nitrogen functional groups attached to an aromatic ring is 1. The number of aryl methyl sites for hydroxylation is 1. The number of ether oxygens (including phenoxy) is 1. The van der Waals surface area contributed by atoms with Crippen LogP contribution < -0.4 is 5.73 Å². The molecule has 0 aromatic carbocycles. The zero-order valence-electron chi connectivity index (χ0n) is 13.7. The second kappa shape index (κ2) is 6.13. The minimum absolute atomic E-state index is 0.0245. The number of rotatable bonds is 2. The molecule has 0 saturated carbocycles. The van der Waals surface area contributed by atoms with Crippen molar-refractivity contribution >= 4 is 15.8 Å². The fraction of sp³-hybridized carbons (Fsp3) is 0.786. The van der Waals surface area contributed by atoms with Crippen molar-refractivity contribution in [3.63, 3.8) is 0 Å². The Morgan fingerprint density at radius 2 is 1.96 bits per heavy atom. The van der Waals surface area contributed by atoms with Gasteiger partial charge in [0.15, 0.2) is 16.5 Å². The summed E-state index contributed by atoms with van der Waals surface area (Å²) in [5.74, 6) is -1.80. The van der Waals surface area contributed by atoms with Gasteiger partial charge in [0.1, 0.15) is 0 Å². The second-order valence-corrected chi connectivity index (χ2v) is 8.52. The summed E-state index contributed by atoms with van der Waals surface area (Å²) in [4.78, 5) is -0.264. The maximum atomic E-state index is 13.5. The number of piperidine rings is 1. The number of nitrogens with two attached hydrogens (primary N) is 1. The zero-order chi connectivity index (χ0) is 18.5. The Hall–Kier alpha value is -1.33. The molecule has 2 aliphatic heterocycles. The molecule has 3 heterocycles. The summed E-state index contributed by atoms with van der Waals surface area (Å²) in [5.41, 5.74) is 4.41. The highest BCUT2D eigenvalue weighted by molar-refractivity contribution is 7.89. The van der Waals surface area contributed by atoms with E-state index in [0.29, 0.717) is 0 Å². The quantitative estimate of drug-likeness (QED) is 0.838. The minimum Gasteiger partial charge on any atom is -0.381 e. The van der Waals surface area contributed by atoms with Crippen LogP contribution in [0.5, 0.6) is 0 Å². The largest absolute Gasteiger partial charge is 0.392 e. The molecule has 25 heavy (non-hydrogen) atoms. The van der Waals surface area contributed by atoms with E-state index in [9.17, 15) is 21.6 Å². The van der Waals surface area contributed by atoms with Crippen LogP contribution in [0.2, 0.25) is 0 Å². The lowest BCUT2D eigenvalue weighted by Gasteiger charge is -2.50. The Kier molecular flexibility index (Phi) is 4.53. The van der Waals surface area contributed by atoms with Gasteiger partial charge in [-0.3, -0.25) is 0 Å². The summed E-state index contributed by atoms with van der Waals surface area (Å²) in [6.45, 7) is 1.35. The van der Waals surface area contributed by atoms with Gasteiger partial charge in [-0.25, -0.2) is 8.42 Å². The molecule has 1 unspecified atom stereocenters. The van der Waals surface area contributed by atoms with Gasteiger partial charge in [0, 0.05) is 31.7 Å². The average molecular weight is 383 g/mol. The maximum absolute atomic E-state index is 13.5. The Bertz CT molecular complexity index is 721. The van der Waals surface area contributed by atoms with E-state index < -0.39 is 27.5 Å². The van der Waals surface area contributed by atoms with Crippen molar-refractivity contribution in [1.29, 1.82) is 0 Å². The van der Waals surface area contributed by atoms with Crippen LogP contribution in [0.1, 0.15) is 25.0 Å². The van der Waals surface area contributed by atoms with E-state index in [1.807, 2.05) is 0 Å². The summed E-state index contributed by atoms with van der Waals surface area (Å²) < 4.78 is 77.5. The number of halogens is 3. The highest BCUT2D eigenvalue weighted by atomic mass is 32.2. The third kappa shape index (κ3) is 3.13. The second-order valence-electron chi connectivity index (χ2n) is 6.65. The van der Waals surface area contributed by atoms with E-state index in [0.717, 1.165) is 4.31 Å². The van der Waals surface area contributed by atoms with Crippen molar-refractivity contribution < 1.29 is 30.8 Å². The fourth-order valence-corrected chi connectivity index (χ4v) is 5.68. The van der Waals surface area contributed by atoms with Crippen LogP contribution in [-0.4, -0.2) is 50.4 Å². The van der Waals surface area contributed by atoms with Gasteiger partial charge in [-0.05, 0) is 26.2 Å². The molecule has 1 aromatic rings. The van der Waals surface area contributed by atoms with Crippen molar-refractivity contribution in [3.8, 4) is 0 Å². The number of hydrogen-bond acceptors (Lipinski definition) is 6. The summed E-state index contributed by atoms with van der Waals surface area (Å²) >= 11 is 0. The molecule has 2 N–H and O–H groups in total. The molecule has 2 fully saturated rings. The Labute approximate surface area is 143 Å². The van der Waals surface area contributed by atoms with E-state index in [1.54, 1.807) is 0 Å². The number of nitrogens with zero attached hydrogens (tertiary/aromatic N) is 2. The zero-order valence-corrected chi connectivity index (χ0v) is 14.5. The van der Waals surface area contributed by atoms with Crippen LogP contribution in [0, 0.1) is 18.3 Å². The molecule has 11 heteroatoms. The Balaban J connectivity index is 1.96. The smallest absolute Gasteiger partial charge is 0.381 e. The molecule has 0 bridgehead atoms. The van der Waals surface area contributed by atoms with Crippen molar-refractivity contribution in [2.45, 2.75) is 37.3 Å². The van der Waals surface area contributed by atoms with Gasteiger partial charge in [0.25, 0.3) is 0 Å². The number of anilines is 1. The van der Waals surface area contributed by atoms with Crippen LogP contribution in [0.4, 0.5) is 19.0 Å². The van der Waals surface area contributed by atoms with Gasteiger partial charge in [-0.1, -0.05) is 5.16 Å². The van der Waals surface area contributed by atoms with Crippen molar-refractivity contribution in [1.82, 2.24) is 9.46 Å². The summed E-state index contributed by atoms with van der Waals surface area (Å²) in [7, 11) is -4.08. The van der Waals surface area contributed by atoms with Gasteiger partial charge in [-0.2, -0.15) is 17.5 Å². The molecular weight excluding hydrogens is 363 g/mol. The lowest BCUT2D eigenvalue weighted by molar-refractivity contribution is -0.231. The Morgan fingerprint density at radius 1 is 1.32 bits per heavy atom. The lowest BCUT2D eigenvalue weighted by Crippen LogP contribution is -2.56. The number of alkyl halides is 3. The molecule has 7 nitrogen and oxygen atoms in total. The first kappa shape index (κ1) is 18.5. The van der Waals surface area contributed by atoms with Crippen molar-refractivity contribution in [2.75, 3.05) is 32.0 Å². The maximum Gasteiger partial charge on any atom is 0.392 e. The van der Waals surface area contributed by atoms with Gasteiger partial charge in [0.05, 0.1) is 5.92 Å². The molecule has 142 valence electrons. The number of aromatic nitrogens is 1. The van der Waals surface area contributed by atoms with E-state index in [2.05, 4.69) is 5.16 Å². The molecule has 0 radical (unpaired) electrons. The molecule has 1 aromatic heterocycles. The molecule has 1 spiro atoms. The summed E-state index contributed by atoms with van der Waals surface area (Å²) in [6.07, 6.45) is -4.32. The summed E-state index contributed by atoms with van der Waals surface area (Å²) in [6, 6.07) is 0. The van der Waals surface area contributed by atoms with E-state index >= 15 is 0 Å². The van der Waals surface area contributed by atoms with E-state index in [1.165, 1.54) is 6.92 Å². The van der Waals surface area contributed by atoms with Crippen molar-refractivity contribution in [3.05, 3.63) is 5.76 Å². The Morgan fingerprint density at radius 3 is 2.48 bits per heavy atom. The van der Waals surface area contributed by atoms with Gasteiger partial charge in [0.2, 0.25) is 10.0 Å². The molecule has 0 amide bonds. The molecule has 2 aliphatic rings. The fourth-order valence-electron chi connectivity index (χ4n) is 3.94.